The van der Waals surface area contributed by atoms with E-state index in [0.717, 1.165) is 4.91 Å². The highest BCUT2D eigenvalue weighted by Gasteiger charge is 2.10. The number of nitrogens with two attached hydrogens (primary N) is 2. The summed E-state index contributed by atoms with van der Waals surface area (Å²) >= 11 is 0. The maximum Gasteiger partial charge on any atom is 0.175 e. The average molecular weight is 150 g/mol. The minimum absolute atomic E-state index is 0.294. The van der Waals surface area contributed by atoms with Gasteiger partial charge in [-0.25, -0.2) is 0 Å². The van der Waals surface area contributed by atoms with Crippen LogP contribution in [0.3, 0.4) is 0 Å². The molecule has 4 N–H and O–H groups in total. The molecule has 11 heavy (non-hydrogen) atoms. The first-order valence-electron chi connectivity index (χ1n) is 3.00. The summed E-state index contributed by atoms with van der Waals surface area (Å²) in [6.45, 7) is 0. The highest BCUT2D eigenvalue weighted by Crippen LogP contribution is 2.19. The largest absolute Gasteiger partial charge is 0.380 e. The minimum atomic E-state index is 0.294. The number of anilines is 1. The molecule has 0 unspecified atom stereocenters. The predicted octanol–water partition coefficient (Wildman–Crippen LogP) is -0.926. The van der Waals surface area contributed by atoms with E-state index in [1.54, 1.807) is 12.3 Å². The van der Waals surface area contributed by atoms with Crippen LogP contribution in [0, 0.1) is 0 Å². The van der Waals surface area contributed by atoms with E-state index in [1.807, 2.05) is 0 Å². The highest BCUT2D eigenvalue weighted by atomic mass is 15.6. The van der Waals surface area contributed by atoms with E-state index < -0.39 is 0 Å². The third-order valence-electron chi connectivity index (χ3n) is 1.34. The number of aromatic nitrogens is 4. The van der Waals surface area contributed by atoms with Crippen LogP contribution in [0.1, 0.15) is 0 Å². The van der Waals surface area contributed by atoms with Crippen LogP contribution in [0.25, 0.3) is 11.4 Å². The zero-order chi connectivity index (χ0) is 7.84. The van der Waals surface area contributed by atoms with E-state index in [4.69, 9.17) is 11.6 Å². The highest BCUT2D eigenvalue weighted by molar-refractivity contribution is 5.66. The van der Waals surface area contributed by atoms with Gasteiger partial charge in [0.2, 0.25) is 0 Å². The number of fused-ring (bicyclic) bond motifs is 1. The molecule has 6 heteroatoms. The summed E-state index contributed by atoms with van der Waals surface area (Å²) < 4.78 is 0. The van der Waals surface area contributed by atoms with Crippen LogP contribution in [0.15, 0.2) is 12.3 Å². The molecule has 2 aliphatic heterocycles. The van der Waals surface area contributed by atoms with E-state index in [1.165, 1.54) is 0 Å². The van der Waals surface area contributed by atoms with Gasteiger partial charge in [-0.05, 0) is 6.07 Å². The number of hydrogen-bond donors (Lipinski definition) is 2. The standard InChI is InChI=1S/C5H6N6/c6-5-4-3(1-2-8-4)9-11(7)10-5/h1-2H,7H2,(H2,6,10). The fourth-order valence-electron chi connectivity index (χ4n) is 0.896. The lowest BCUT2D eigenvalue weighted by atomic mass is 10.3. The molecule has 0 bridgehead atoms. The van der Waals surface area contributed by atoms with Crippen molar-refractivity contribution >= 4 is 5.82 Å². The lowest BCUT2D eigenvalue weighted by Gasteiger charge is -2.01. The molecule has 0 aromatic rings. The molecule has 2 aliphatic rings. The fourth-order valence-corrected chi connectivity index (χ4v) is 0.896. The lowest BCUT2D eigenvalue weighted by molar-refractivity contribution is 0.672. The molecule has 0 radical (unpaired) electrons. The quantitative estimate of drug-likeness (QED) is 0.473. The van der Waals surface area contributed by atoms with Gasteiger partial charge < -0.3 is 11.6 Å². The Labute approximate surface area is 62.1 Å². The molecule has 56 valence electrons. The molecule has 2 rings (SSSR count). The SMILES string of the molecule is Nc1nn(N)nc2ccnc1-2. The molecule has 0 aromatic heterocycles. The van der Waals surface area contributed by atoms with Crippen molar-refractivity contribution in [3.8, 4) is 11.4 Å². The Kier molecular flexibility index (Phi) is 0.974. The summed E-state index contributed by atoms with van der Waals surface area (Å²) in [5.41, 5.74) is 6.73. The van der Waals surface area contributed by atoms with E-state index in [9.17, 15) is 0 Å². The number of nitrogen functional groups attached to an aromatic ring is 2. The van der Waals surface area contributed by atoms with Gasteiger partial charge >= 0.3 is 0 Å². The van der Waals surface area contributed by atoms with Gasteiger partial charge in [-0.1, -0.05) is 4.91 Å². The maximum atomic E-state index is 5.49. The molecule has 0 saturated heterocycles. The molecule has 0 spiro atoms. The van der Waals surface area contributed by atoms with Gasteiger partial charge in [0, 0.05) is 6.20 Å². The van der Waals surface area contributed by atoms with Gasteiger partial charge in [0.1, 0.15) is 11.4 Å². The zero-order valence-corrected chi connectivity index (χ0v) is 5.60. The summed E-state index contributed by atoms with van der Waals surface area (Å²) in [6, 6.07) is 1.72. The number of rotatable bonds is 0. The summed E-state index contributed by atoms with van der Waals surface area (Å²) in [4.78, 5) is 4.87. The molecule has 0 atom stereocenters. The third-order valence-corrected chi connectivity index (χ3v) is 1.34. The maximum absolute atomic E-state index is 5.49. The Morgan fingerprint density at radius 2 is 2.18 bits per heavy atom. The van der Waals surface area contributed by atoms with Gasteiger partial charge in [-0.15, -0.1) is 10.2 Å². The van der Waals surface area contributed by atoms with Crippen molar-refractivity contribution in [3.05, 3.63) is 12.3 Å². The number of hydrogen-bond acceptors (Lipinski definition) is 5. The van der Waals surface area contributed by atoms with Gasteiger partial charge in [0.05, 0.1) is 0 Å². The monoisotopic (exact) mass is 150 g/mol. The van der Waals surface area contributed by atoms with Gasteiger partial charge in [-0.3, -0.25) is 4.98 Å². The van der Waals surface area contributed by atoms with E-state index in [-0.39, 0.29) is 0 Å². The Bertz CT molecular complexity index is 352. The van der Waals surface area contributed by atoms with Crippen molar-refractivity contribution in [3.63, 3.8) is 0 Å². The normalized spacial score (nSPS) is 10.5. The Balaban J connectivity index is 2.79. The van der Waals surface area contributed by atoms with Crippen LogP contribution in [0.2, 0.25) is 0 Å². The van der Waals surface area contributed by atoms with Gasteiger partial charge in [0.15, 0.2) is 5.82 Å². The first kappa shape index (κ1) is 5.90. The molecular weight excluding hydrogens is 144 g/mol. The molecule has 0 aromatic carbocycles. The van der Waals surface area contributed by atoms with Crippen molar-refractivity contribution in [1.29, 1.82) is 0 Å². The molecule has 6 nitrogen and oxygen atoms in total. The summed E-state index contributed by atoms with van der Waals surface area (Å²) in [5.74, 6) is 5.56. The van der Waals surface area contributed by atoms with Crippen LogP contribution in [-0.4, -0.2) is 20.1 Å². The van der Waals surface area contributed by atoms with Crippen LogP contribution in [0.5, 0.6) is 0 Å². The van der Waals surface area contributed by atoms with Crippen LogP contribution in [-0.2, 0) is 0 Å². The van der Waals surface area contributed by atoms with Crippen molar-refractivity contribution < 1.29 is 0 Å². The Morgan fingerprint density at radius 1 is 1.36 bits per heavy atom. The summed E-state index contributed by atoms with van der Waals surface area (Å²) in [7, 11) is 0. The average Bonchev–Trinajstić information content (AvgIpc) is 2.34. The Morgan fingerprint density at radius 3 is 3.00 bits per heavy atom. The summed E-state index contributed by atoms with van der Waals surface area (Å²) in [5, 5.41) is 7.51. The van der Waals surface area contributed by atoms with Crippen molar-refractivity contribution in [1.82, 2.24) is 20.1 Å². The van der Waals surface area contributed by atoms with Crippen molar-refractivity contribution in [2.24, 2.45) is 0 Å². The molecule has 0 amide bonds. The Hall–Kier alpha value is -1.85. The minimum Gasteiger partial charge on any atom is -0.380 e. The zero-order valence-electron chi connectivity index (χ0n) is 5.60. The van der Waals surface area contributed by atoms with Crippen LogP contribution >= 0.6 is 0 Å². The van der Waals surface area contributed by atoms with E-state index in [0.29, 0.717) is 17.2 Å². The smallest absolute Gasteiger partial charge is 0.175 e. The molecule has 0 saturated carbocycles. The lowest BCUT2D eigenvalue weighted by Crippen LogP contribution is -2.19. The molecular formula is C5H6N6. The van der Waals surface area contributed by atoms with Crippen LogP contribution in [0.4, 0.5) is 5.82 Å². The first-order chi connectivity index (χ1) is 5.27. The topological polar surface area (TPSA) is 95.6 Å². The van der Waals surface area contributed by atoms with Crippen molar-refractivity contribution in [2.45, 2.75) is 0 Å². The second kappa shape index (κ2) is 1.82. The summed E-state index contributed by atoms with van der Waals surface area (Å²) in [6.07, 6.45) is 1.61. The van der Waals surface area contributed by atoms with Gasteiger partial charge in [-0.2, -0.15) is 0 Å². The number of nitrogens with zero attached hydrogens (tertiary/aromatic N) is 4. The molecule has 2 heterocycles. The van der Waals surface area contributed by atoms with E-state index in [2.05, 4.69) is 15.2 Å². The van der Waals surface area contributed by atoms with E-state index >= 15 is 0 Å². The van der Waals surface area contributed by atoms with Crippen molar-refractivity contribution in [2.75, 3.05) is 11.6 Å². The third kappa shape index (κ3) is 0.759. The predicted molar refractivity (Wildman–Crippen MR) is 39.0 cm³/mol. The second-order valence-electron chi connectivity index (χ2n) is 2.08. The fraction of sp³-hybridized carbons (Fsp3) is 0. The van der Waals surface area contributed by atoms with Gasteiger partial charge in [0.25, 0.3) is 0 Å². The molecule has 0 aliphatic carbocycles. The van der Waals surface area contributed by atoms with Crippen LogP contribution < -0.4 is 11.6 Å². The second-order valence-corrected chi connectivity index (χ2v) is 2.08. The molecule has 0 fully saturated rings. The first-order valence-corrected chi connectivity index (χ1v) is 3.00.